The van der Waals surface area contributed by atoms with Crippen molar-refractivity contribution in [3.8, 4) is 0 Å². The number of ether oxygens (including phenoxy) is 1. The van der Waals surface area contributed by atoms with Crippen LogP contribution in [0, 0.1) is 6.92 Å². The van der Waals surface area contributed by atoms with E-state index in [2.05, 4.69) is 12.2 Å². The molecule has 0 spiro atoms. The highest BCUT2D eigenvalue weighted by molar-refractivity contribution is 7.11. The van der Waals surface area contributed by atoms with Gasteiger partial charge in [0, 0.05) is 19.0 Å². The van der Waals surface area contributed by atoms with Crippen LogP contribution in [0.4, 0.5) is 0 Å². The first-order valence-corrected chi connectivity index (χ1v) is 7.46. The van der Waals surface area contributed by atoms with Crippen LogP contribution in [0.25, 0.3) is 0 Å². The van der Waals surface area contributed by atoms with Gasteiger partial charge in [0.1, 0.15) is 6.10 Å². The maximum Gasteiger partial charge on any atom is 0.106 e. The Morgan fingerprint density at radius 2 is 2.18 bits per heavy atom. The van der Waals surface area contributed by atoms with E-state index < -0.39 is 0 Å². The predicted molar refractivity (Wildman–Crippen MR) is 69.6 cm³/mol. The summed E-state index contributed by atoms with van der Waals surface area (Å²) in [5.74, 6) is 0.726. The van der Waals surface area contributed by atoms with Crippen molar-refractivity contribution in [2.24, 2.45) is 0 Å². The number of hydrogen-bond acceptors (Lipinski definition) is 4. The molecule has 17 heavy (non-hydrogen) atoms. The van der Waals surface area contributed by atoms with E-state index in [-0.39, 0.29) is 6.10 Å². The summed E-state index contributed by atoms with van der Waals surface area (Å²) in [7, 11) is 0. The zero-order valence-corrected chi connectivity index (χ0v) is 11.2. The molecule has 1 aromatic rings. The molecule has 1 saturated heterocycles. The molecule has 2 fully saturated rings. The van der Waals surface area contributed by atoms with E-state index in [1.807, 2.05) is 11.3 Å². The first-order valence-electron chi connectivity index (χ1n) is 6.64. The quantitative estimate of drug-likeness (QED) is 0.879. The second-order valence-electron chi connectivity index (χ2n) is 5.05. The van der Waals surface area contributed by atoms with Crippen molar-refractivity contribution in [1.29, 1.82) is 0 Å². The molecule has 1 aliphatic heterocycles. The van der Waals surface area contributed by atoms with Gasteiger partial charge in [0.2, 0.25) is 0 Å². The van der Waals surface area contributed by atoms with E-state index in [1.165, 1.54) is 41.3 Å². The molecule has 1 aromatic heterocycles. The van der Waals surface area contributed by atoms with Gasteiger partial charge < -0.3 is 10.1 Å². The highest BCUT2D eigenvalue weighted by Crippen LogP contribution is 2.39. The van der Waals surface area contributed by atoms with Gasteiger partial charge in [0.25, 0.3) is 0 Å². The van der Waals surface area contributed by atoms with Gasteiger partial charge in [0.05, 0.1) is 22.2 Å². The minimum absolute atomic E-state index is 0.233. The Bertz CT molecular complexity index is 379. The fraction of sp³-hybridized carbons (Fsp3) is 0.769. The summed E-state index contributed by atoms with van der Waals surface area (Å²) < 4.78 is 5.83. The second-order valence-corrected chi connectivity index (χ2v) is 6.11. The third-order valence-electron chi connectivity index (χ3n) is 3.77. The molecule has 1 saturated carbocycles. The highest BCUT2D eigenvalue weighted by atomic mass is 32.1. The van der Waals surface area contributed by atoms with Crippen LogP contribution < -0.4 is 5.32 Å². The molecule has 0 bridgehead atoms. The highest BCUT2D eigenvalue weighted by Gasteiger charge is 2.25. The number of rotatable bonds is 2. The zero-order chi connectivity index (χ0) is 11.7. The third kappa shape index (κ3) is 2.39. The molecule has 94 valence electrons. The lowest BCUT2D eigenvalue weighted by Gasteiger charge is -2.22. The molecule has 3 nitrogen and oxygen atoms in total. The lowest BCUT2D eigenvalue weighted by atomic mass is 10.1. The van der Waals surface area contributed by atoms with Crippen LogP contribution in [0.3, 0.4) is 0 Å². The van der Waals surface area contributed by atoms with E-state index in [0.29, 0.717) is 0 Å². The van der Waals surface area contributed by atoms with Crippen LogP contribution in [0.5, 0.6) is 0 Å². The van der Waals surface area contributed by atoms with Crippen molar-refractivity contribution in [2.75, 3.05) is 19.7 Å². The molecule has 2 aliphatic rings. The normalized spacial score (nSPS) is 26.5. The molecule has 2 heterocycles. The average molecular weight is 252 g/mol. The Morgan fingerprint density at radius 1 is 1.35 bits per heavy atom. The number of thiazole rings is 1. The first kappa shape index (κ1) is 11.6. The van der Waals surface area contributed by atoms with E-state index in [9.17, 15) is 0 Å². The van der Waals surface area contributed by atoms with Gasteiger partial charge in [-0.2, -0.15) is 0 Å². The lowest BCUT2D eigenvalue weighted by Crippen LogP contribution is -2.33. The lowest BCUT2D eigenvalue weighted by molar-refractivity contribution is 0.0295. The number of nitrogens with zero attached hydrogens (tertiary/aromatic N) is 1. The Hall–Kier alpha value is -0.450. The topological polar surface area (TPSA) is 34.2 Å². The number of nitrogens with one attached hydrogen (secondary N) is 1. The SMILES string of the molecule is Cc1nc(C2CCCC2)sc1C1CNCCO1. The fourth-order valence-electron chi connectivity index (χ4n) is 2.81. The van der Waals surface area contributed by atoms with Crippen LogP contribution in [0.2, 0.25) is 0 Å². The van der Waals surface area contributed by atoms with Gasteiger partial charge in [-0.25, -0.2) is 4.98 Å². The number of aromatic nitrogens is 1. The number of morpholine rings is 1. The summed E-state index contributed by atoms with van der Waals surface area (Å²) in [5.41, 5.74) is 1.19. The molecule has 0 radical (unpaired) electrons. The smallest absolute Gasteiger partial charge is 0.106 e. The van der Waals surface area contributed by atoms with Crippen LogP contribution in [0.15, 0.2) is 0 Å². The molecule has 0 amide bonds. The van der Waals surface area contributed by atoms with Gasteiger partial charge in [-0.05, 0) is 19.8 Å². The third-order valence-corrected chi connectivity index (χ3v) is 5.19. The van der Waals surface area contributed by atoms with E-state index >= 15 is 0 Å². The molecule has 1 atom stereocenters. The Morgan fingerprint density at radius 3 is 2.88 bits per heavy atom. The molecule has 1 N–H and O–H groups in total. The monoisotopic (exact) mass is 252 g/mol. The van der Waals surface area contributed by atoms with E-state index in [0.717, 1.165) is 25.6 Å². The van der Waals surface area contributed by atoms with Crippen LogP contribution in [-0.4, -0.2) is 24.7 Å². The molecule has 1 aliphatic carbocycles. The van der Waals surface area contributed by atoms with Crippen LogP contribution in [-0.2, 0) is 4.74 Å². The molecule has 1 unspecified atom stereocenters. The average Bonchev–Trinajstić information content (AvgIpc) is 2.99. The maximum absolute atomic E-state index is 5.83. The standard InChI is InChI=1S/C13H20N2OS/c1-9-12(11-8-14-6-7-16-11)17-13(15-9)10-4-2-3-5-10/h10-11,14H,2-8H2,1H3. The summed E-state index contributed by atoms with van der Waals surface area (Å²) in [4.78, 5) is 6.12. The Labute approximate surface area is 107 Å². The van der Waals surface area contributed by atoms with Gasteiger partial charge in [-0.3, -0.25) is 0 Å². The van der Waals surface area contributed by atoms with Gasteiger partial charge in [-0.1, -0.05) is 12.8 Å². The summed E-state index contributed by atoms with van der Waals surface area (Å²) in [6.45, 7) is 4.86. The Balaban J connectivity index is 1.79. The fourth-order valence-corrected chi connectivity index (χ4v) is 4.10. The molecule has 0 aromatic carbocycles. The minimum atomic E-state index is 0.233. The second kappa shape index (κ2) is 5.04. The zero-order valence-electron chi connectivity index (χ0n) is 10.4. The first-order chi connectivity index (χ1) is 8.34. The number of aryl methyl sites for hydroxylation is 1. The van der Waals surface area contributed by atoms with Crippen molar-refractivity contribution in [1.82, 2.24) is 10.3 Å². The minimum Gasteiger partial charge on any atom is -0.370 e. The maximum atomic E-state index is 5.83. The van der Waals surface area contributed by atoms with Crippen molar-refractivity contribution in [3.63, 3.8) is 0 Å². The predicted octanol–water partition coefficient (Wildman–Crippen LogP) is 2.77. The van der Waals surface area contributed by atoms with Gasteiger partial charge in [-0.15, -0.1) is 11.3 Å². The molecule has 3 rings (SSSR count). The molecular formula is C13H20N2OS. The van der Waals surface area contributed by atoms with Crippen molar-refractivity contribution >= 4 is 11.3 Å². The van der Waals surface area contributed by atoms with E-state index in [4.69, 9.17) is 9.72 Å². The summed E-state index contributed by atoms with van der Waals surface area (Å²) in [5, 5.41) is 4.74. The summed E-state index contributed by atoms with van der Waals surface area (Å²) in [6.07, 6.45) is 5.64. The van der Waals surface area contributed by atoms with Crippen molar-refractivity contribution in [2.45, 2.75) is 44.6 Å². The van der Waals surface area contributed by atoms with Crippen molar-refractivity contribution in [3.05, 3.63) is 15.6 Å². The van der Waals surface area contributed by atoms with Crippen LogP contribution in [0.1, 0.15) is 53.3 Å². The van der Waals surface area contributed by atoms with Gasteiger partial charge in [0.15, 0.2) is 0 Å². The molecular weight excluding hydrogens is 232 g/mol. The summed E-state index contributed by atoms with van der Waals surface area (Å²) >= 11 is 1.89. The molecule has 4 heteroatoms. The number of hydrogen-bond donors (Lipinski definition) is 1. The van der Waals surface area contributed by atoms with Gasteiger partial charge >= 0.3 is 0 Å². The largest absolute Gasteiger partial charge is 0.370 e. The summed E-state index contributed by atoms with van der Waals surface area (Å²) in [6, 6.07) is 0. The van der Waals surface area contributed by atoms with Crippen LogP contribution >= 0.6 is 11.3 Å². The Kier molecular flexibility index (Phi) is 3.45. The van der Waals surface area contributed by atoms with E-state index in [1.54, 1.807) is 0 Å². The van der Waals surface area contributed by atoms with Crippen molar-refractivity contribution < 1.29 is 4.74 Å².